The zero-order valence-corrected chi connectivity index (χ0v) is 10.3. The first-order valence-corrected chi connectivity index (χ1v) is 6.18. The van der Waals surface area contributed by atoms with Crippen LogP contribution < -0.4 is 4.90 Å². The number of hydrogen-bond acceptors (Lipinski definition) is 3. The van der Waals surface area contributed by atoms with Gasteiger partial charge in [-0.15, -0.1) is 11.8 Å². The first-order valence-electron chi connectivity index (χ1n) is 5.30. The van der Waals surface area contributed by atoms with Crippen molar-refractivity contribution in [1.29, 1.82) is 0 Å². The highest BCUT2D eigenvalue weighted by atomic mass is 32.2. The number of benzene rings is 1. The molecule has 16 heavy (non-hydrogen) atoms. The van der Waals surface area contributed by atoms with E-state index in [0.717, 1.165) is 5.69 Å². The fourth-order valence-electron chi connectivity index (χ4n) is 1.77. The van der Waals surface area contributed by atoms with Gasteiger partial charge in [-0.1, -0.05) is 12.1 Å². The Bertz CT molecular complexity index is 394. The van der Waals surface area contributed by atoms with Crippen molar-refractivity contribution in [3.8, 4) is 0 Å². The summed E-state index contributed by atoms with van der Waals surface area (Å²) < 4.78 is 5.04. The molecule has 0 saturated carbocycles. The Kier molecular flexibility index (Phi) is 3.51. The maximum absolute atomic E-state index is 12.0. The topological polar surface area (TPSA) is 29.5 Å². The van der Waals surface area contributed by atoms with Gasteiger partial charge in [0.15, 0.2) is 0 Å². The van der Waals surface area contributed by atoms with Gasteiger partial charge in [0.25, 0.3) is 0 Å². The number of thioether (sulfide) groups is 1. The predicted octanol–water partition coefficient (Wildman–Crippen LogP) is 2.16. The van der Waals surface area contributed by atoms with Gasteiger partial charge in [-0.3, -0.25) is 4.79 Å². The van der Waals surface area contributed by atoms with Gasteiger partial charge in [0.2, 0.25) is 5.91 Å². The van der Waals surface area contributed by atoms with Crippen molar-refractivity contribution in [2.75, 3.05) is 25.2 Å². The number of para-hydroxylation sites is 1. The third-order valence-corrected chi connectivity index (χ3v) is 3.75. The lowest BCUT2D eigenvalue weighted by molar-refractivity contribution is -0.118. The number of anilines is 1. The molecule has 1 aliphatic heterocycles. The number of hydrogen-bond donors (Lipinski definition) is 0. The van der Waals surface area contributed by atoms with Crippen molar-refractivity contribution in [3.05, 3.63) is 24.3 Å². The fraction of sp³-hybridized carbons (Fsp3) is 0.417. The van der Waals surface area contributed by atoms with Crippen LogP contribution in [0.1, 0.15) is 6.92 Å². The quantitative estimate of drug-likeness (QED) is 0.807. The van der Waals surface area contributed by atoms with E-state index in [9.17, 15) is 4.79 Å². The Morgan fingerprint density at radius 3 is 2.94 bits per heavy atom. The van der Waals surface area contributed by atoms with E-state index in [2.05, 4.69) is 6.07 Å². The molecule has 1 aliphatic rings. The number of amides is 1. The second-order valence-corrected chi connectivity index (χ2v) is 5.09. The summed E-state index contributed by atoms with van der Waals surface area (Å²) in [5.41, 5.74) is 1.01. The molecular formula is C12H15NO2S. The molecule has 0 fully saturated rings. The normalized spacial score (nSPS) is 19.8. The molecule has 86 valence electrons. The minimum Gasteiger partial charge on any atom is -0.383 e. The van der Waals surface area contributed by atoms with E-state index in [0.29, 0.717) is 13.2 Å². The minimum atomic E-state index is -0.00763. The highest BCUT2D eigenvalue weighted by Gasteiger charge is 2.29. The van der Waals surface area contributed by atoms with Crippen molar-refractivity contribution in [2.45, 2.75) is 17.1 Å². The van der Waals surface area contributed by atoms with Crippen LogP contribution >= 0.6 is 11.8 Å². The SMILES string of the molecule is COCCN1C(=O)C(C)Sc2ccccc21. The maximum atomic E-state index is 12.0. The monoisotopic (exact) mass is 237 g/mol. The summed E-state index contributed by atoms with van der Waals surface area (Å²) in [6.07, 6.45) is 0. The number of fused-ring (bicyclic) bond motifs is 1. The van der Waals surface area contributed by atoms with Crippen LogP contribution in [-0.4, -0.2) is 31.4 Å². The molecule has 3 nitrogen and oxygen atoms in total. The average molecular weight is 237 g/mol. The minimum absolute atomic E-state index is 0.00763. The second kappa shape index (κ2) is 4.89. The van der Waals surface area contributed by atoms with Gasteiger partial charge in [-0.25, -0.2) is 0 Å². The maximum Gasteiger partial charge on any atom is 0.240 e. The van der Waals surface area contributed by atoms with Gasteiger partial charge in [0, 0.05) is 18.6 Å². The number of ether oxygens (including phenoxy) is 1. The van der Waals surface area contributed by atoms with Crippen LogP contribution in [0.4, 0.5) is 5.69 Å². The van der Waals surface area contributed by atoms with E-state index in [4.69, 9.17) is 4.74 Å². The number of rotatable bonds is 3. The summed E-state index contributed by atoms with van der Waals surface area (Å²) in [5, 5.41) is -0.00763. The molecule has 0 aromatic heterocycles. The number of carbonyl (C=O) groups excluding carboxylic acids is 1. The number of carbonyl (C=O) groups is 1. The Labute approximate surface area is 99.8 Å². The Morgan fingerprint density at radius 2 is 2.19 bits per heavy atom. The van der Waals surface area contributed by atoms with Crippen LogP contribution in [-0.2, 0) is 9.53 Å². The average Bonchev–Trinajstić information content (AvgIpc) is 2.30. The third kappa shape index (κ3) is 2.08. The molecule has 1 unspecified atom stereocenters. The molecule has 0 spiro atoms. The molecule has 4 heteroatoms. The molecule has 1 atom stereocenters. The lowest BCUT2D eigenvalue weighted by atomic mass is 10.2. The van der Waals surface area contributed by atoms with E-state index in [-0.39, 0.29) is 11.2 Å². The third-order valence-electron chi connectivity index (χ3n) is 2.59. The van der Waals surface area contributed by atoms with Gasteiger partial charge in [-0.05, 0) is 19.1 Å². The van der Waals surface area contributed by atoms with Gasteiger partial charge in [-0.2, -0.15) is 0 Å². The van der Waals surface area contributed by atoms with E-state index in [1.54, 1.807) is 18.9 Å². The molecule has 0 aliphatic carbocycles. The number of methoxy groups -OCH3 is 1. The Hall–Kier alpha value is -1.00. The van der Waals surface area contributed by atoms with Crippen LogP contribution in [0.2, 0.25) is 0 Å². The van der Waals surface area contributed by atoms with Crippen molar-refractivity contribution >= 4 is 23.4 Å². The Balaban J connectivity index is 2.30. The zero-order valence-electron chi connectivity index (χ0n) is 9.47. The molecule has 1 aromatic rings. The standard InChI is InChI=1S/C12H15NO2S/c1-9-12(14)13(7-8-15-2)10-5-3-4-6-11(10)16-9/h3-6,9H,7-8H2,1-2H3. The molecule has 1 aromatic carbocycles. The molecule has 1 amide bonds. The summed E-state index contributed by atoms with van der Waals surface area (Å²) in [6, 6.07) is 8.01. The molecule has 0 N–H and O–H groups in total. The summed E-state index contributed by atoms with van der Waals surface area (Å²) in [6.45, 7) is 3.14. The van der Waals surface area contributed by atoms with Crippen LogP contribution in [0.15, 0.2) is 29.2 Å². The van der Waals surface area contributed by atoms with E-state index < -0.39 is 0 Å². The first-order chi connectivity index (χ1) is 7.74. The summed E-state index contributed by atoms with van der Waals surface area (Å²) in [7, 11) is 1.65. The van der Waals surface area contributed by atoms with Gasteiger partial charge in [0.05, 0.1) is 17.5 Å². The lowest BCUT2D eigenvalue weighted by Gasteiger charge is -2.32. The highest BCUT2D eigenvalue weighted by Crippen LogP contribution is 2.38. The molecular weight excluding hydrogens is 222 g/mol. The molecule has 1 heterocycles. The van der Waals surface area contributed by atoms with Crippen molar-refractivity contribution in [2.24, 2.45) is 0 Å². The largest absolute Gasteiger partial charge is 0.383 e. The van der Waals surface area contributed by atoms with Gasteiger partial charge in [0.1, 0.15) is 0 Å². The van der Waals surface area contributed by atoms with Gasteiger partial charge < -0.3 is 9.64 Å². The van der Waals surface area contributed by atoms with Crippen LogP contribution in [0.25, 0.3) is 0 Å². The molecule has 0 radical (unpaired) electrons. The molecule has 0 saturated heterocycles. The van der Waals surface area contributed by atoms with Crippen molar-refractivity contribution in [3.63, 3.8) is 0 Å². The van der Waals surface area contributed by atoms with Crippen LogP contribution in [0.3, 0.4) is 0 Å². The van der Waals surface area contributed by atoms with Crippen molar-refractivity contribution < 1.29 is 9.53 Å². The highest BCUT2D eigenvalue weighted by molar-refractivity contribution is 8.00. The van der Waals surface area contributed by atoms with Crippen LogP contribution in [0.5, 0.6) is 0 Å². The van der Waals surface area contributed by atoms with Crippen molar-refractivity contribution in [1.82, 2.24) is 0 Å². The Morgan fingerprint density at radius 1 is 1.44 bits per heavy atom. The zero-order chi connectivity index (χ0) is 11.5. The predicted molar refractivity (Wildman–Crippen MR) is 66.0 cm³/mol. The molecule has 2 rings (SSSR count). The van der Waals surface area contributed by atoms with E-state index in [1.165, 1.54) is 4.90 Å². The second-order valence-electron chi connectivity index (χ2n) is 3.71. The first kappa shape index (κ1) is 11.5. The van der Waals surface area contributed by atoms with Crippen LogP contribution in [0, 0.1) is 0 Å². The summed E-state index contributed by atoms with van der Waals surface area (Å²) >= 11 is 1.63. The summed E-state index contributed by atoms with van der Waals surface area (Å²) in [5.74, 6) is 0.167. The summed E-state index contributed by atoms with van der Waals surface area (Å²) in [4.78, 5) is 15.0. The van der Waals surface area contributed by atoms with E-state index >= 15 is 0 Å². The lowest BCUT2D eigenvalue weighted by Crippen LogP contribution is -2.41. The number of nitrogens with zero attached hydrogens (tertiary/aromatic N) is 1. The molecule has 0 bridgehead atoms. The van der Waals surface area contributed by atoms with Gasteiger partial charge >= 0.3 is 0 Å². The fourth-order valence-corrected chi connectivity index (χ4v) is 2.84. The smallest absolute Gasteiger partial charge is 0.240 e. The van der Waals surface area contributed by atoms with E-state index in [1.807, 2.05) is 30.0 Å².